The van der Waals surface area contributed by atoms with Gasteiger partial charge < -0.3 is 10.1 Å². The topological polar surface area (TPSA) is 59.9 Å². The van der Waals surface area contributed by atoms with Crippen LogP contribution in [-0.2, 0) is 0 Å². The van der Waals surface area contributed by atoms with Gasteiger partial charge in [0.1, 0.15) is 0 Å². The average molecular weight is 291 g/mol. The van der Waals surface area contributed by atoms with E-state index >= 15 is 0 Å². The maximum absolute atomic E-state index is 5.83. The van der Waals surface area contributed by atoms with Crippen LogP contribution in [0.2, 0.25) is 5.28 Å². The zero-order chi connectivity index (χ0) is 13.6. The van der Waals surface area contributed by atoms with E-state index in [9.17, 15) is 0 Å². The zero-order valence-electron chi connectivity index (χ0n) is 11.2. The number of nitrogens with one attached hydrogen (secondary N) is 1. The number of thioether (sulfide) groups is 1. The Bertz CT molecular complexity index is 389. The summed E-state index contributed by atoms with van der Waals surface area (Å²) in [5.41, 5.74) is 0. The van der Waals surface area contributed by atoms with Gasteiger partial charge in [0, 0.05) is 11.3 Å². The Morgan fingerprint density at radius 3 is 2.67 bits per heavy atom. The number of rotatable bonds is 7. The number of aromatic nitrogens is 3. The second-order valence-corrected chi connectivity index (χ2v) is 6.23. The molecule has 0 unspecified atom stereocenters. The fourth-order valence-electron chi connectivity index (χ4n) is 1.03. The molecule has 0 aliphatic rings. The van der Waals surface area contributed by atoms with E-state index in [-0.39, 0.29) is 16.0 Å². The summed E-state index contributed by atoms with van der Waals surface area (Å²) in [5.74, 6) is 0.447. The lowest BCUT2D eigenvalue weighted by atomic mass is 10.2. The Kier molecular flexibility index (Phi) is 5.95. The summed E-state index contributed by atoms with van der Waals surface area (Å²) in [7, 11) is 0. The average Bonchev–Trinajstić information content (AvgIpc) is 2.33. The lowest BCUT2D eigenvalue weighted by Gasteiger charge is -2.22. The summed E-state index contributed by atoms with van der Waals surface area (Å²) in [5, 5.41) is 3.29. The van der Waals surface area contributed by atoms with E-state index in [0.717, 1.165) is 13.0 Å². The van der Waals surface area contributed by atoms with E-state index in [1.54, 1.807) is 11.8 Å². The summed E-state index contributed by atoms with van der Waals surface area (Å²) in [4.78, 5) is 12.1. The summed E-state index contributed by atoms with van der Waals surface area (Å²) in [6, 6.07) is 0.265. The molecule has 1 heterocycles. The van der Waals surface area contributed by atoms with Crippen molar-refractivity contribution in [3.8, 4) is 6.01 Å². The van der Waals surface area contributed by atoms with E-state index < -0.39 is 0 Å². The number of ether oxygens (including phenoxy) is 1. The second kappa shape index (κ2) is 6.99. The van der Waals surface area contributed by atoms with Crippen molar-refractivity contribution < 1.29 is 4.74 Å². The van der Waals surface area contributed by atoms with Crippen LogP contribution in [0.4, 0.5) is 5.95 Å². The van der Waals surface area contributed by atoms with Crippen LogP contribution in [0.25, 0.3) is 0 Å². The molecule has 1 rings (SSSR count). The first-order valence-corrected chi connectivity index (χ1v) is 7.40. The molecule has 0 aliphatic heterocycles. The molecule has 18 heavy (non-hydrogen) atoms. The van der Waals surface area contributed by atoms with Crippen LogP contribution in [0.1, 0.15) is 27.2 Å². The lowest BCUT2D eigenvalue weighted by molar-refractivity contribution is 0.291. The monoisotopic (exact) mass is 290 g/mol. The molecule has 0 spiro atoms. The van der Waals surface area contributed by atoms with Gasteiger partial charge in [-0.15, -0.1) is 0 Å². The van der Waals surface area contributed by atoms with Gasteiger partial charge in [-0.2, -0.15) is 26.7 Å². The van der Waals surface area contributed by atoms with Gasteiger partial charge in [0.05, 0.1) is 6.61 Å². The minimum atomic E-state index is 0.101. The van der Waals surface area contributed by atoms with Gasteiger partial charge >= 0.3 is 6.01 Å². The Hall–Kier alpha value is -0.750. The zero-order valence-corrected chi connectivity index (χ0v) is 12.7. The molecule has 0 saturated heterocycles. The van der Waals surface area contributed by atoms with Crippen molar-refractivity contribution in [1.29, 1.82) is 0 Å². The molecule has 0 radical (unpaired) electrons. The van der Waals surface area contributed by atoms with Crippen LogP contribution in [0.3, 0.4) is 0 Å². The number of anilines is 1. The maximum atomic E-state index is 5.83. The Morgan fingerprint density at radius 1 is 1.33 bits per heavy atom. The van der Waals surface area contributed by atoms with Crippen molar-refractivity contribution in [3.05, 3.63) is 5.28 Å². The molecule has 0 bridgehead atoms. The first-order chi connectivity index (χ1) is 8.46. The molecule has 1 aromatic rings. The molecule has 0 saturated carbocycles. The predicted octanol–water partition coefficient (Wildman–Crippen LogP) is 2.87. The molecule has 1 aromatic heterocycles. The highest BCUT2D eigenvalue weighted by atomic mass is 35.5. The SMILES string of the molecule is CCCOc1nc(Cl)nc(NCC(C)(C)SC)n1. The summed E-state index contributed by atoms with van der Waals surface area (Å²) >= 11 is 7.60. The Balaban J connectivity index is 2.68. The van der Waals surface area contributed by atoms with Gasteiger partial charge in [-0.05, 0) is 38.1 Å². The standard InChI is InChI=1S/C11H19ClN4OS/c1-5-6-17-10-15-8(12)14-9(16-10)13-7-11(2,3)18-4/h5-7H2,1-4H3,(H,13,14,15,16). The van der Waals surface area contributed by atoms with E-state index in [1.807, 2.05) is 6.92 Å². The van der Waals surface area contributed by atoms with E-state index in [1.165, 1.54) is 0 Å². The fourth-order valence-corrected chi connectivity index (χ4v) is 1.40. The lowest BCUT2D eigenvalue weighted by Crippen LogP contribution is -2.26. The quantitative estimate of drug-likeness (QED) is 0.833. The largest absolute Gasteiger partial charge is 0.463 e. The van der Waals surface area contributed by atoms with Gasteiger partial charge in [0.25, 0.3) is 0 Å². The molecule has 0 aliphatic carbocycles. The molecule has 5 nitrogen and oxygen atoms in total. The van der Waals surface area contributed by atoms with E-state index in [4.69, 9.17) is 16.3 Å². The third-order valence-electron chi connectivity index (χ3n) is 2.25. The summed E-state index contributed by atoms with van der Waals surface area (Å²) < 4.78 is 5.44. The van der Waals surface area contributed by atoms with Crippen LogP contribution in [-0.4, -0.2) is 39.1 Å². The van der Waals surface area contributed by atoms with Gasteiger partial charge in [0.15, 0.2) is 0 Å². The van der Waals surface area contributed by atoms with Gasteiger partial charge in [-0.25, -0.2) is 0 Å². The Labute approximate surface area is 117 Å². The molecule has 7 heteroatoms. The minimum absolute atomic E-state index is 0.101. The first-order valence-electron chi connectivity index (χ1n) is 5.80. The number of hydrogen-bond donors (Lipinski definition) is 1. The van der Waals surface area contributed by atoms with E-state index in [0.29, 0.717) is 12.6 Å². The van der Waals surface area contributed by atoms with Crippen LogP contribution >= 0.6 is 23.4 Å². The van der Waals surface area contributed by atoms with Crippen molar-refractivity contribution in [2.75, 3.05) is 24.7 Å². The maximum Gasteiger partial charge on any atom is 0.322 e. The highest BCUT2D eigenvalue weighted by molar-refractivity contribution is 7.99. The number of hydrogen-bond acceptors (Lipinski definition) is 6. The third kappa shape index (κ3) is 5.27. The molecular weight excluding hydrogens is 272 g/mol. The van der Waals surface area contributed by atoms with Gasteiger partial charge in [-0.3, -0.25) is 0 Å². The summed E-state index contributed by atoms with van der Waals surface area (Å²) in [6.07, 6.45) is 2.96. The normalized spacial score (nSPS) is 11.4. The molecule has 0 atom stereocenters. The van der Waals surface area contributed by atoms with Crippen molar-refractivity contribution in [2.45, 2.75) is 31.9 Å². The van der Waals surface area contributed by atoms with Gasteiger partial charge in [0.2, 0.25) is 11.2 Å². The fraction of sp³-hybridized carbons (Fsp3) is 0.727. The highest BCUT2D eigenvalue weighted by Gasteiger charge is 2.16. The highest BCUT2D eigenvalue weighted by Crippen LogP contribution is 2.21. The number of halogens is 1. The summed E-state index contributed by atoms with van der Waals surface area (Å²) in [6.45, 7) is 7.60. The van der Waals surface area contributed by atoms with Crippen LogP contribution < -0.4 is 10.1 Å². The van der Waals surface area contributed by atoms with Crippen molar-refractivity contribution in [1.82, 2.24) is 15.0 Å². The first kappa shape index (κ1) is 15.3. The van der Waals surface area contributed by atoms with Crippen molar-refractivity contribution in [2.24, 2.45) is 0 Å². The molecule has 0 amide bonds. The predicted molar refractivity (Wildman–Crippen MR) is 76.7 cm³/mol. The van der Waals surface area contributed by atoms with E-state index in [2.05, 4.69) is 40.4 Å². The van der Waals surface area contributed by atoms with Gasteiger partial charge in [-0.1, -0.05) is 6.92 Å². The van der Waals surface area contributed by atoms with Crippen molar-refractivity contribution >= 4 is 29.3 Å². The van der Waals surface area contributed by atoms with Crippen molar-refractivity contribution in [3.63, 3.8) is 0 Å². The minimum Gasteiger partial charge on any atom is -0.463 e. The van der Waals surface area contributed by atoms with Crippen LogP contribution in [0, 0.1) is 0 Å². The second-order valence-electron chi connectivity index (χ2n) is 4.38. The third-order valence-corrected chi connectivity index (χ3v) is 3.67. The molecule has 102 valence electrons. The molecular formula is C11H19ClN4OS. The number of nitrogens with zero attached hydrogens (tertiary/aromatic N) is 3. The van der Waals surface area contributed by atoms with Crippen LogP contribution in [0.15, 0.2) is 0 Å². The smallest absolute Gasteiger partial charge is 0.322 e. The molecule has 0 aromatic carbocycles. The molecule has 1 N–H and O–H groups in total. The molecule has 0 fully saturated rings. The Morgan fingerprint density at radius 2 is 2.06 bits per heavy atom. The van der Waals surface area contributed by atoms with Crippen LogP contribution in [0.5, 0.6) is 6.01 Å².